The van der Waals surface area contributed by atoms with E-state index in [1.54, 1.807) is 0 Å². The van der Waals surface area contributed by atoms with Gasteiger partial charge in [-0.15, -0.1) is 0 Å². The van der Waals surface area contributed by atoms with E-state index in [0.29, 0.717) is 5.92 Å². The molecule has 1 unspecified atom stereocenters. The van der Waals surface area contributed by atoms with Crippen LogP contribution in [0.3, 0.4) is 0 Å². The predicted octanol–water partition coefficient (Wildman–Crippen LogP) is 4.65. The molecule has 0 amide bonds. The van der Waals surface area contributed by atoms with Crippen molar-refractivity contribution in [1.82, 2.24) is 9.97 Å². The fourth-order valence-electron chi connectivity index (χ4n) is 2.09. The highest BCUT2D eigenvalue weighted by Crippen LogP contribution is 2.18. The maximum atomic E-state index is 4.30. The molecule has 0 aromatic carbocycles. The van der Waals surface area contributed by atoms with Gasteiger partial charge in [0.15, 0.2) is 0 Å². The number of aromatic amines is 1. The van der Waals surface area contributed by atoms with Crippen molar-refractivity contribution in [2.45, 2.75) is 71.1 Å². The lowest BCUT2D eigenvalue weighted by Gasteiger charge is -2.07. The van der Waals surface area contributed by atoms with E-state index in [0.717, 1.165) is 5.82 Å². The lowest BCUT2D eigenvalue weighted by atomic mass is 10.0. The summed E-state index contributed by atoms with van der Waals surface area (Å²) in [6.45, 7) is 4.53. The maximum Gasteiger partial charge on any atom is 0.108 e. The van der Waals surface area contributed by atoms with Gasteiger partial charge in [-0.05, 0) is 6.42 Å². The number of hydrogen-bond acceptors (Lipinski definition) is 1. The van der Waals surface area contributed by atoms with Gasteiger partial charge in [0.05, 0.1) is 0 Å². The minimum absolute atomic E-state index is 0.589. The van der Waals surface area contributed by atoms with Crippen molar-refractivity contribution < 1.29 is 0 Å². The molecule has 0 aliphatic heterocycles. The Balaban J connectivity index is 1.95. The number of aromatic nitrogens is 2. The zero-order valence-corrected chi connectivity index (χ0v) is 10.8. The summed E-state index contributed by atoms with van der Waals surface area (Å²) in [6.07, 6.45) is 14.7. The van der Waals surface area contributed by atoms with Crippen LogP contribution in [-0.2, 0) is 0 Å². The van der Waals surface area contributed by atoms with Crippen LogP contribution in [0.5, 0.6) is 0 Å². The summed E-state index contributed by atoms with van der Waals surface area (Å²) in [5.41, 5.74) is 0. The minimum atomic E-state index is 0.589. The number of imidazole rings is 1. The van der Waals surface area contributed by atoms with Gasteiger partial charge in [-0.3, -0.25) is 0 Å². The van der Waals surface area contributed by atoms with Crippen LogP contribution in [0.15, 0.2) is 12.4 Å². The molecule has 1 rings (SSSR count). The summed E-state index contributed by atoms with van der Waals surface area (Å²) < 4.78 is 0. The Morgan fingerprint density at radius 2 is 1.81 bits per heavy atom. The van der Waals surface area contributed by atoms with Gasteiger partial charge in [0.25, 0.3) is 0 Å². The van der Waals surface area contributed by atoms with Gasteiger partial charge in [0, 0.05) is 18.3 Å². The molecule has 2 heteroatoms. The Hall–Kier alpha value is -0.790. The SMILES string of the molecule is CCCCCCCCCC(C)c1ncc[nH]1. The van der Waals surface area contributed by atoms with Crippen molar-refractivity contribution in [3.63, 3.8) is 0 Å². The van der Waals surface area contributed by atoms with Gasteiger partial charge in [0.1, 0.15) is 5.82 Å². The first-order valence-corrected chi connectivity index (χ1v) is 6.84. The van der Waals surface area contributed by atoms with Gasteiger partial charge >= 0.3 is 0 Å². The molecule has 92 valence electrons. The summed E-state index contributed by atoms with van der Waals surface area (Å²) in [6, 6.07) is 0. The van der Waals surface area contributed by atoms with Crippen LogP contribution >= 0.6 is 0 Å². The van der Waals surface area contributed by atoms with Crippen molar-refractivity contribution in [3.8, 4) is 0 Å². The number of H-pyrrole nitrogens is 1. The third-order valence-electron chi connectivity index (χ3n) is 3.23. The normalized spacial score (nSPS) is 12.9. The van der Waals surface area contributed by atoms with Crippen LogP contribution in [0.4, 0.5) is 0 Å². The zero-order valence-electron chi connectivity index (χ0n) is 10.8. The van der Waals surface area contributed by atoms with E-state index in [-0.39, 0.29) is 0 Å². The van der Waals surface area contributed by atoms with Gasteiger partial charge < -0.3 is 4.98 Å². The third kappa shape index (κ3) is 5.34. The van der Waals surface area contributed by atoms with Gasteiger partial charge in [-0.1, -0.05) is 58.8 Å². The van der Waals surface area contributed by atoms with Gasteiger partial charge in [-0.25, -0.2) is 4.98 Å². The Morgan fingerprint density at radius 3 is 2.44 bits per heavy atom. The van der Waals surface area contributed by atoms with E-state index < -0.39 is 0 Å². The standard InChI is InChI=1S/C14H26N2/c1-3-4-5-6-7-8-9-10-13(2)14-15-11-12-16-14/h11-13H,3-10H2,1-2H3,(H,15,16). The molecule has 1 atom stereocenters. The fourth-order valence-corrected chi connectivity index (χ4v) is 2.09. The summed E-state index contributed by atoms with van der Waals surface area (Å²) >= 11 is 0. The van der Waals surface area contributed by atoms with Crippen LogP contribution in [-0.4, -0.2) is 9.97 Å². The largest absolute Gasteiger partial charge is 0.348 e. The highest BCUT2D eigenvalue weighted by Gasteiger charge is 2.06. The first-order valence-electron chi connectivity index (χ1n) is 6.84. The van der Waals surface area contributed by atoms with Crippen LogP contribution in [0.25, 0.3) is 0 Å². The molecular weight excluding hydrogens is 196 g/mol. The Labute approximate surface area is 99.9 Å². The predicted molar refractivity (Wildman–Crippen MR) is 69.6 cm³/mol. The van der Waals surface area contributed by atoms with E-state index in [2.05, 4.69) is 23.8 Å². The highest BCUT2D eigenvalue weighted by atomic mass is 14.9. The molecule has 2 nitrogen and oxygen atoms in total. The average Bonchev–Trinajstić information content (AvgIpc) is 2.81. The third-order valence-corrected chi connectivity index (χ3v) is 3.23. The maximum absolute atomic E-state index is 4.30. The van der Waals surface area contributed by atoms with Crippen molar-refractivity contribution in [3.05, 3.63) is 18.2 Å². The van der Waals surface area contributed by atoms with Crippen molar-refractivity contribution >= 4 is 0 Å². The minimum Gasteiger partial charge on any atom is -0.348 e. The molecule has 16 heavy (non-hydrogen) atoms. The molecule has 0 fully saturated rings. The topological polar surface area (TPSA) is 28.7 Å². The smallest absolute Gasteiger partial charge is 0.108 e. The van der Waals surface area contributed by atoms with Crippen LogP contribution in [0.1, 0.15) is 77.0 Å². The number of hydrogen-bond donors (Lipinski definition) is 1. The summed E-state index contributed by atoms with van der Waals surface area (Å²) in [5.74, 6) is 1.73. The molecule has 0 radical (unpaired) electrons. The highest BCUT2D eigenvalue weighted by molar-refractivity contribution is 4.94. The number of nitrogens with zero attached hydrogens (tertiary/aromatic N) is 1. The van der Waals surface area contributed by atoms with Crippen molar-refractivity contribution in [1.29, 1.82) is 0 Å². The second-order valence-electron chi connectivity index (χ2n) is 4.79. The van der Waals surface area contributed by atoms with E-state index in [9.17, 15) is 0 Å². The fraction of sp³-hybridized carbons (Fsp3) is 0.786. The summed E-state index contributed by atoms with van der Waals surface area (Å²) in [5, 5.41) is 0. The molecule has 0 aliphatic carbocycles. The van der Waals surface area contributed by atoms with E-state index in [1.165, 1.54) is 51.4 Å². The Kier molecular flexibility index (Phi) is 6.95. The zero-order chi connectivity index (χ0) is 11.6. The molecule has 0 bridgehead atoms. The van der Waals surface area contributed by atoms with E-state index in [4.69, 9.17) is 0 Å². The molecule has 0 saturated carbocycles. The molecule has 1 aromatic heterocycles. The molecule has 0 aliphatic rings. The van der Waals surface area contributed by atoms with Gasteiger partial charge in [-0.2, -0.15) is 0 Å². The molecular formula is C14H26N2. The van der Waals surface area contributed by atoms with Crippen LogP contribution in [0, 0.1) is 0 Å². The summed E-state index contributed by atoms with van der Waals surface area (Å²) in [7, 11) is 0. The average molecular weight is 222 g/mol. The molecule has 1 heterocycles. The monoisotopic (exact) mass is 222 g/mol. The summed E-state index contributed by atoms with van der Waals surface area (Å²) in [4.78, 5) is 7.49. The van der Waals surface area contributed by atoms with Crippen LogP contribution in [0.2, 0.25) is 0 Å². The van der Waals surface area contributed by atoms with Crippen molar-refractivity contribution in [2.75, 3.05) is 0 Å². The van der Waals surface area contributed by atoms with E-state index in [1.807, 2.05) is 12.4 Å². The number of rotatable bonds is 9. The molecule has 1 aromatic rings. The molecule has 0 spiro atoms. The van der Waals surface area contributed by atoms with Crippen molar-refractivity contribution in [2.24, 2.45) is 0 Å². The number of unbranched alkanes of at least 4 members (excludes halogenated alkanes) is 6. The lowest BCUT2D eigenvalue weighted by Crippen LogP contribution is -1.96. The van der Waals surface area contributed by atoms with E-state index >= 15 is 0 Å². The number of nitrogens with one attached hydrogen (secondary N) is 1. The van der Waals surface area contributed by atoms with Gasteiger partial charge in [0.2, 0.25) is 0 Å². The Morgan fingerprint density at radius 1 is 1.12 bits per heavy atom. The first kappa shape index (κ1) is 13.3. The second-order valence-corrected chi connectivity index (χ2v) is 4.79. The Bertz CT molecular complexity index is 241. The second kappa shape index (κ2) is 8.37. The lowest BCUT2D eigenvalue weighted by molar-refractivity contribution is 0.541. The first-order chi connectivity index (χ1) is 7.84. The van der Waals surface area contributed by atoms with Crippen LogP contribution < -0.4 is 0 Å². The molecule has 1 N–H and O–H groups in total. The molecule has 0 saturated heterocycles. The quantitative estimate of drug-likeness (QED) is 0.605.